The van der Waals surface area contributed by atoms with Gasteiger partial charge >= 0.3 is 0 Å². The van der Waals surface area contributed by atoms with Gasteiger partial charge in [0, 0.05) is 5.69 Å². The number of rotatable bonds is 10. The Labute approximate surface area is 245 Å². The van der Waals surface area contributed by atoms with E-state index < -0.39 is 11.7 Å². The Hall–Kier alpha value is -4.20. The number of benzene rings is 3. The van der Waals surface area contributed by atoms with Crippen molar-refractivity contribution in [2.24, 2.45) is 22.9 Å². The third kappa shape index (κ3) is 6.03. The quantitative estimate of drug-likeness (QED) is 0.216. The van der Waals surface area contributed by atoms with E-state index in [9.17, 15) is 14.0 Å². The molecular formula is C34H36FN3O4. The number of halogens is 1. The summed E-state index contributed by atoms with van der Waals surface area (Å²) in [6.45, 7) is 2.06. The van der Waals surface area contributed by atoms with Crippen molar-refractivity contribution in [3.8, 4) is 11.5 Å². The molecule has 4 fully saturated rings. The summed E-state index contributed by atoms with van der Waals surface area (Å²) in [5.74, 6) is 1.99. The SMILES string of the molecule is CCOc1cc(/C=N\NC(=O)c2ccccc2F)ccc1OCC(=O)Nc1ccc(C23CC4CC(CC(C4)C2)C3)cc1. The fraction of sp³-hybridized carbons (Fsp3) is 0.382. The fourth-order valence-electron chi connectivity index (χ4n) is 7.58. The van der Waals surface area contributed by atoms with Crippen LogP contribution in [0.1, 0.15) is 66.9 Å². The van der Waals surface area contributed by atoms with Crippen molar-refractivity contribution >= 4 is 23.7 Å². The summed E-state index contributed by atoms with van der Waals surface area (Å²) in [4.78, 5) is 24.9. The maximum Gasteiger partial charge on any atom is 0.274 e. The molecule has 0 spiro atoms. The highest BCUT2D eigenvalue weighted by Gasteiger charge is 2.51. The molecule has 0 radical (unpaired) electrons. The lowest BCUT2D eigenvalue weighted by Gasteiger charge is -2.57. The first-order valence-electron chi connectivity index (χ1n) is 14.8. The molecule has 0 heterocycles. The van der Waals surface area contributed by atoms with Gasteiger partial charge in [0.15, 0.2) is 18.1 Å². The van der Waals surface area contributed by atoms with Gasteiger partial charge in [-0.15, -0.1) is 0 Å². The van der Waals surface area contributed by atoms with E-state index in [0.29, 0.717) is 29.1 Å². The predicted octanol–water partition coefficient (Wildman–Crippen LogP) is 6.47. The Morgan fingerprint density at radius 3 is 2.29 bits per heavy atom. The van der Waals surface area contributed by atoms with Crippen LogP contribution in [0.3, 0.4) is 0 Å². The van der Waals surface area contributed by atoms with Gasteiger partial charge in [-0.2, -0.15) is 5.10 Å². The molecule has 0 saturated heterocycles. The van der Waals surface area contributed by atoms with Crippen molar-refractivity contribution < 1.29 is 23.5 Å². The van der Waals surface area contributed by atoms with Crippen molar-refractivity contribution in [1.82, 2.24) is 5.43 Å². The molecule has 7 rings (SSSR count). The summed E-state index contributed by atoms with van der Waals surface area (Å²) in [6.07, 6.45) is 9.62. The second-order valence-electron chi connectivity index (χ2n) is 11.9. The second-order valence-corrected chi connectivity index (χ2v) is 11.9. The highest BCUT2D eigenvalue weighted by molar-refractivity contribution is 5.95. The highest BCUT2D eigenvalue weighted by atomic mass is 19.1. The zero-order chi connectivity index (χ0) is 29.1. The van der Waals surface area contributed by atoms with Gasteiger partial charge in [-0.1, -0.05) is 24.3 Å². The number of hydrogen-bond acceptors (Lipinski definition) is 5. The van der Waals surface area contributed by atoms with E-state index in [1.165, 1.54) is 68.5 Å². The van der Waals surface area contributed by atoms with E-state index in [2.05, 4.69) is 28.0 Å². The standard InChI is InChI=1S/C34H36FN3O4/c1-2-41-31-16-22(20-36-38-33(40)28-5-3-4-6-29(28)35)7-12-30(31)42-21-32(39)37-27-10-8-26(9-11-27)34-17-23-13-24(18-34)15-25(14-23)19-34/h3-12,16,20,23-25H,2,13-15,17-19,21H2,1H3,(H,37,39)(H,38,40)/b36-20-. The van der Waals surface area contributed by atoms with Crippen LogP contribution in [-0.4, -0.2) is 31.2 Å². The average molecular weight is 570 g/mol. The van der Waals surface area contributed by atoms with Crippen molar-refractivity contribution in [1.29, 1.82) is 0 Å². The van der Waals surface area contributed by atoms with Crippen LogP contribution < -0.4 is 20.2 Å². The van der Waals surface area contributed by atoms with E-state index in [1.54, 1.807) is 24.3 Å². The number of nitrogens with zero attached hydrogens (tertiary/aromatic N) is 1. The largest absolute Gasteiger partial charge is 0.490 e. The molecule has 4 aliphatic carbocycles. The van der Waals surface area contributed by atoms with Crippen LogP contribution in [0.15, 0.2) is 71.8 Å². The molecule has 0 unspecified atom stereocenters. The average Bonchev–Trinajstić information content (AvgIpc) is 2.97. The summed E-state index contributed by atoms with van der Waals surface area (Å²) in [5, 5.41) is 6.86. The molecule has 3 aromatic carbocycles. The van der Waals surface area contributed by atoms with Gasteiger partial charge in [0.05, 0.1) is 18.4 Å². The lowest BCUT2D eigenvalue weighted by Crippen LogP contribution is -2.48. The van der Waals surface area contributed by atoms with Crippen LogP contribution in [0.5, 0.6) is 11.5 Å². The zero-order valence-corrected chi connectivity index (χ0v) is 23.8. The summed E-state index contributed by atoms with van der Waals surface area (Å²) in [6, 6.07) is 19.2. The van der Waals surface area contributed by atoms with Crippen LogP contribution in [-0.2, 0) is 10.2 Å². The summed E-state index contributed by atoms with van der Waals surface area (Å²) in [5.41, 5.74) is 5.37. The molecule has 218 valence electrons. The fourth-order valence-corrected chi connectivity index (χ4v) is 7.58. The molecular weight excluding hydrogens is 533 g/mol. The van der Waals surface area contributed by atoms with E-state index in [-0.39, 0.29) is 18.1 Å². The van der Waals surface area contributed by atoms with Crippen LogP contribution in [0.25, 0.3) is 0 Å². The molecule has 2 N–H and O–H groups in total. The Bertz CT molecular complexity index is 1450. The Kier molecular flexibility index (Phi) is 7.96. The molecule has 4 bridgehead atoms. The third-order valence-electron chi connectivity index (χ3n) is 8.94. The van der Waals surface area contributed by atoms with Crippen molar-refractivity contribution in [3.05, 3.63) is 89.2 Å². The van der Waals surface area contributed by atoms with Gasteiger partial charge in [0.1, 0.15) is 5.82 Å². The molecule has 8 heteroatoms. The lowest BCUT2D eigenvalue weighted by atomic mass is 9.48. The number of carbonyl (C=O) groups excluding carboxylic acids is 2. The number of nitrogens with one attached hydrogen (secondary N) is 2. The molecule has 3 aromatic rings. The summed E-state index contributed by atoms with van der Waals surface area (Å²) in [7, 11) is 0. The summed E-state index contributed by atoms with van der Waals surface area (Å²) < 4.78 is 25.3. The minimum Gasteiger partial charge on any atom is -0.490 e. The zero-order valence-electron chi connectivity index (χ0n) is 23.8. The van der Waals surface area contributed by atoms with Gasteiger partial charge in [-0.3, -0.25) is 9.59 Å². The van der Waals surface area contributed by atoms with E-state index in [1.807, 2.05) is 19.1 Å². The van der Waals surface area contributed by atoms with E-state index >= 15 is 0 Å². The third-order valence-corrected chi connectivity index (χ3v) is 8.94. The first-order valence-corrected chi connectivity index (χ1v) is 14.8. The van der Waals surface area contributed by atoms with Crippen LogP contribution in [0, 0.1) is 23.6 Å². The maximum absolute atomic E-state index is 13.8. The van der Waals surface area contributed by atoms with Gasteiger partial charge in [-0.05, 0) is 122 Å². The molecule has 0 atom stereocenters. The molecule has 4 saturated carbocycles. The molecule has 7 nitrogen and oxygen atoms in total. The van der Waals surface area contributed by atoms with Gasteiger partial charge in [0.2, 0.25) is 0 Å². The Morgan fingerprint density at radius 1 is 0.929 bits per heavy atom. The van der Waals surface area contributed by atoms with Crippen molar-refractivity contribution in [2.75, 3.05) is 18.5 Å². The second kappa shape index (κ2) is 12.0. The monoisotopic (exact) mass is 569 g/mol. The number of hydrazone groups is 1. The first kappa shape index (κ1) is 27.9. The van der Waals surface area contributed by atoms with Crippen LogP contribution in [0.4, 0.5) is 10.1 Å². The minimum atomic E-state index is -0.650. The number of hydrogen-bond donors (Lipinski definition) is 2. The topological polar surface area (TPSA) is 89.0 Å². The Morgan fingerprint density at radius 2 is 1.62 bits per heavy atom. The number of ether oxygens (including phenoxy) is 2. The smallest absolute Gasteiger partial charge is 0.274 e. The Balaban J connectivity index is 1.03. The highest BCUT2D eigenvalue weighted by Crippen LogP contribution is 2.60. The molecule has 2 amide bonds. The minimum absolute atomic E-state index is 0.0924. The predicted molar refractivity (Wildman–Crippen MR) is 159 cm³/mol. The molecule has 0 aromatic heterocycles. The number of amides is 2. The van der Waals surface area contributed by atoms with Gasteiger partial charge in [0.25, 0.3) is 11.8 Å². The van der Waals surface area contributed by atoms with Gasteiger partial charge in [-0.25, -0.2) is 9.82 Å². The number of anilines is 1. The molecule has 0 aliphatic heterocycles. The molecule has 42 heavy (non-hydrogen) atoms. The summed E-state index contributed by atoms with van der Waals surface area (Å²) >= 11 is 0. The van der Waals surface area contributed by atoms with Crippen molar-refractivity contribution in [3.63, 3.8) is 0 Å². The molecule has 4 aliphatic rings. The lowest BCUT2D eigenvalue weighted by molar-refractivity contribution is -0.118. The number of carbonyl (C=O) groups is 2. The van der Waals surface area contributed by atoms with E-state index in [4.69, 9.17) is 9.47 Å². The van der Waals surface area contributed by atoms with Crippen LogP contribution in [0.2, 0.25) is 0 Å². The van der Waals surface area contributed by atoms with Crippen molar-refractivity contribution in [2.45, 2.75) is 50.9 Å². The normalized spacial score (nSPS) is 24.0. The van der Waals surface area contributed by atoms with E-state index in [0.717, 1.165) is 23.4 Å². The maximum atomic E-state index is 13.8. The van der Waals surface area contributed by atoms with Gasteiger partial charge < -0.3 is 14.8 Å². The van der Waals surface area contributed by atoms with Crippen LogP contribution >= 0.6 is 0 Å². The first-order chi connectivity index (χ1) is 20.4.